The second-order valence-corrected chi connectivity index (χ2v) is 6.44. The lowest BCUT2D eigenvalue weighted by Gasteiger charge is -2.30. The zero-order valence-electron chi connectivity index (χ0n) is 13.9. The van der Waals surface area contributed by atoms with Gasteiger partial charge in [0.05, 0.1) is 17.5 Å². The topological polar surface area (TPSA) is 66.9 Å². The van der Waals surface area contributed by atoms with E-state index in [9.17, 15) is 14.4 Å². The number of carbonyl (C=O) groups excluding carboxylic acids is 3. The third-order valence-electron chi connectivity index (χ3n) is 4.82. The number of carbonyl (C=O) groups is 3. The van der Waals surface area contributed by atoms with Crippen LogP contribution in [0.15, 0.2) is 24.3 Å². The maximum atomic E-state index is 12.1. The molecule has 1 saturated carbocycles. The van der Waals surface area contributed by atoms with Crippen LogP contribution in [0, 0.1) is 0 Å². The minimum Gasteiger partial charge on any atom is -0.330 e. The molecule has 0 bridgehead atoms. The third-order valence-corrected chi connectivity index (χ3v) is 4.82. The van der Waals surface area contributed by atoms with Crippen LogP contribution in [0.3, 0.4) is 0 Å². The summed E-state index contributed by atoms with van der Waals surface area (Å²) in [6.07, 6.45) is 6.21. The summed E-state index contributed by atoms with van der Waals surface area (Å²) in [5.74, 6) is -1.72. The van der Waals surface area contributed by atoms with Crippen LogP contribution in [-0.2, 0) is 9.63 Å². The van der Waals surface area contributed by atoms with Gasteiger partial charge in [-0.3, -0.25) is 9.59 Å². The first-order valence-corrected chi connectivity index (χ1v) is 8.47. The van der Waals surface area contributed by atoms with Gasteiger partial charge in [0, 0.05) is 12.6 Å². The lowest BCUT2D eigenvalue weighted by atomic mass is 9.94. The predicted molar refractivity (Wildman–Crippen MR) is 87.2 cm³/mol. The summed E-state index contributed by atoms with van der Waals surface area (Å²) in [5.41, 5.74) is 0.546. The van der Waals surface area contributed by atoms with Gasteiger partial charge in [-0.1, -0.05) is 36.5 Å². The van der Waals surface area contributed by atoms with Gasteiger partial charge < -0.3 is 9.74 Å². The monoisotopic (exact) mass is 330 g/mol. The largest absolute Gasteiger partial charge is 0.334 e. The molecule has 1 aromatic carbocycles. The fourth-order valence-electron chi connectivity index (χ4n) is 3.37. The Morgan fingerprint density at radius 1 is 1.12 bits per heavy atom. The Labute approximate surface area is 141 Å². The average molecular weight is 330 g/mol. The van der Waals surface area contributed by atoms with Crippen LogP contribution in [0.5, 0.6) is 0 Å². The predicted octanol–water partition coefficient (Wildman–Crippen LogP) is 2.40. The first kappa shape index (κ1) is 16.6. The van der Waals surface area contributed by atoms with E-state index < -0.39 is 17.8 Å². The van der Waals surface area contributed by atoms with Crippen molar-refractivity contribution in [2.24, 2.45) is 0 Å². The van der Waals surface area contributed by atoms with Crippen molar-refractivity contribution < 1.29 is 19.2 Å². The summed E-state index contributed by atoms with van der Waals surface area (Å²) in [4.78, 5) is 43.5. The molecule has 3 rings (SSSR count). The Morgan fingerprint density at radius 2 is 1.71 bits per heavy atom. The van der Waals surface area contributed by atoms with Gasteiger partial charge in [-0.05, 0) is 32.0 Å². The second-order valence-electron chi connectivity index (χ2n) is 6.44. The molecule has 0 unspecified atom stereocenters. The Kier molecular flexibility index (Phi) is 4.94. The number of fused-ring (bicyclic) bond motifs is 1. The van der Waals surface area contributed by atoms with Gasteiger partial charge >= 0.3 is 5.97 Å². The van der Waals surface area contributed by atoms with Crippen molar-refractivity contribution in [2.75, 3.05) is 13.6 Å². The Balaban J connectivity index is 1.52. The fourth-order valence-corrected chi connectivity index (χ4v) is 3.37. The molecule has 0 N–H and O–H groups in total. The highest BCUT2D eigenvalue weighted by atomic mass is 16.7. The second kappa shape index (κ2) is 7.13. The van der Waals surface area contributed by atoms with Gasteiger partial charge in [0.25, 0.3) is 11.8 Å². The van der Waals surface area contributed by atoms with Gasteiger partial charge in [0.15, 0.2) is 0 Å². The van der Waals surface area contributed by atoms with Crippen molar-refractivity contribution >= 4 is 17.8 Å². The average Bonchev–Trinajstić information content (AvgIpc) is 2.86. The number of amides is 2. The highest BCUT2D eigenvalue weighted by Crippen LogP contribution is 2.24. The lowest BCUT2D eigenvalue weighted by Crippen LogP contribution is -2.37. The van der Waals surface area contributed by atoms with Gasteiger partial charge in [0.2, 0.25) is 0 Å². The smallest absolute Gasteiger partial charge is 0.330 e. The first-order chi connectivity index (χ1) is 11.6. The molecule has 1 fully saturated rings. The quantitative estimate of drug-likeness (QED) is 0.776. The van der Waals surface area contributed by atoms with E-state index in [1.165, 1.54) is 19.3 Å². The molecule has 0 aromatic heterocycles. The van der Waals surface area contributed by atoms with Crippen LogP contribution in [0.4, 0.5) is 0 Å². The van der Waals surface area contributed by atoms with Crippen LogP contribution < -0.4 is 0 Å². The number of nitrogens with zero attached hydrogens (tertiary/aromatic N) is 2. The molecule has 0 atom stereocenters. The van der Waals surface area contributed by atoms with Crippen LogP contribution in [-0.4, -0.2) is 47.4 Å². The number of benzene rings is 1. The van der Waals surface area contributed by atoms with E-state index in [1.54, 1.807) is 24.3 Å². The van der Waals surface area contributed by atoms with Crippen LogP contribution in [0.25, 0.3) is 0 Å². The van der Waals surface area contributed by atoms with Crippen molar-refractivity contribution in [3.05, 3.63) is 35.4 Å². The van der Waals surface area contributed by atoms with Gasteiger partial charge in [0.1, 0.15) is 0 Å². The van der Waals surface area contributed by atoms with Crippen molar-refractivity contribution in [1.82, 2.24) is 9.96 Å². The fraction of sp³-hybridized carbons (Fsp3) is 0.500. The molecule has 1 heterocycles. The summed E-state index contributed by atoms with van der Waals surface area (Å²) in [6, 6.07) is 6.97. The van der Waals surface area contributed by atoms with E-state index >= 15 is 0 Å². The van der Waals surface area contributed by atoms with Crippen molar-refractivity contribution in [3.63, 3.8) is 0 Å². The van der Waals surface area contributed by atoms with E-state index in [0.717, 1.165) is 12.8 Å². The zero-order valence-corrected chi connectivity index (χ0v) is 13.9. The molecule has 24 heavy (non-hydrogen) atoms. The minimum atomic E-state index is -0.579. The molecule has 1 aliphatic heterocycles. The molecule has 0 spiro atoms. The Morgan fingerprint density at radius 3 is 2.29 bits per heavy atom. The van der Waals surface area contributed by atoms with Crippen LogP contribution in [0.2, 0.25) is 0 Å². The minimum absolute atomic E-state index is 0.153. The van der Waals surface area contributed by atoms with E-state index in [0.29, 0.717) is 17.6 Å². The number of hydrogen-bond acceptors (Lipinski definition) is 5. The summed E-state index contributed by atoms with van der Waals surface area (Å²) in [5, 5.41) is 0.577. The highest BCUT2D eigenvalue weighted by molar-refractivity contribution is 6.20. The summed E-state index contributed by atoms with van der Waals surface area (Å²) < 4.78 is 0. The SMILES string of the molecule is CN(CCC(=O)ON1C(=O)c2ccccc2C1=O)C1CCCCC1. The molecule has 128 valence electrons. The third kappa shape index (κ3) is 3.33. The number of rotatable bonds is 5. The number of hydroxylamine groups is 2. The number of hydrogen-bond donors (Lipinski definition) is 0. The van der Waals surface area contributed by atoms with Crippen molar-refractivity contribution in [2.45, 2.75) is 44.6 Å². The normalized spacial score (nSPS) is 18.2. The summed E-state index contributed by atoms with van der Waals surface area (Å²) in [7, 11) is 2.01. The van der Waals surface area contributed by atoms with E-state index in [-0.39, 0.29) is 17.5 Å². The highest BCUT2D eigenvalue weighted by Gasteiger charge is 2.38. The lowest BCUT2D eigenvalue weighted by molar-refractivity contribution is -0.168. The molecule has 2 aliphatic rings. The molecule has 6 heteroatoms. The maximum Gasteiger partial charge on any atom is 0.334 e. The number of imide groups is 1. The van der Waals surface area contributed by atoms with Crippen molar-refractivity contribution in [3.8, 4) is 0 Å². The summed E-state index contributed by atoms with van der Waals surface area (Å²) >= 11 is 0. The maximum absolute atomic E-state index is 12.1. The van der Waals surface area contributed by atoms with Gasteiger partial charge in [-0.15, -0.1) is 0 Å². The van der Waals surface area contributed by atoms with Gasteiger partial charge in [-0.2, -0.15) is 0 Å². The van der Waals surface area contributed by atoms with Gasteiger partial charge in [-0.25, -0.2) is 4.79 Å². The Bertz CT molecular complexity index is 617. The molecule has 6 nitrogen and oxygen atoms in total. The Hall–Kier alpha value is -2.21. The van der Waals surface area contributed by atoms with Crippen molar-refractivity contribution in [1.29, 1.82) is 0 Å². The molecule has 0 radical (unpaired) electrons. The van der Waals surface area contributed by atoms with E-state index in [2.05, 4.69) is 4.90 Å². The van der Waals surface area contributed by atoms with Crippen LogP contribution >= 0.6 is 0 Å². The van der Waals surface area contributed by atoms with Crippen LogP contribution in [0.1, 0.15) is 59.2 Å². The molecule has 1 aromatic rings. The zero-order chi connectivity index (χ0) is 17.1. The summed E-state index contributed by atoms with van der Waals surface area (Å²) in [6.45, 7) is 0.562. The molecule has 1 aliphatic carbocycles. The standard InChI is InChI=1S/C18H22N2O4/c1-19(13-7-3-2-4-8-13)12-11-16(21)24-20-17(22)14-9-5-6-10-15(14)18(20)23/h5-6,9-10,13H,2-4,7-8,11-12H2,1H3. The van der Waals surface area contributed by atoms with E-state index in [1.807, 2.05) is 7.05 Å². The molecule has 2 amide bonds. The molecular weight excluding hydrogens is 308 g/mol. The molecular formula is C18H22N2O4. The molecule has 0 saturated heterocycles. The first-order valence-electron chi connectivity index (χ1n) is 8.47. The van der Waals surface area contributed by atoms with E-state index in [4.69, 9.17) is 4.84 Å².